The maximum absolute atomic E-state index is 5.95. The van der Waals surface area contributed by atoms with Crippen LogP contribution in [-0.2, 0) is 6.54 Å². The SMILES string of the molecule is Cc1nnc(CN2CC(C)C(N)C2)s1. The Bertz CT molecular complexity index is 302. The summed E-state index contributed by atoms with van der Waals surface area (Å²) in [5, 5.41) is 10.3. The second-order valence-corrected chi connectivity index (χ2v) is 5.32. The lowest BCUT2D eigenvalue weighted by molar-refractivity contribution is 0.317. The van der Waals surface area contributed by atoms with Gasteiger partial charge >= 0.3 is 0 Å². The average molecular weight is 212 g/mol. The first kappa shape index (κ1) is 10.0. The number of rotatable bonds is 2. The molecular formula is C9H16N4S. The van der Waals surface area contributed by atoms with Gasteiger partial charge in [0.1, 0.15) is 10.0 Å². The summed E-state index contributed by atoms with van der Waals surface area (Å²) in [6.07, 6.45) is 0. The maximum atomic E-state index is 5.95. The number of hydrogen-bond acceptors (Lipinski definition) is 5. The fourth-order valence-corrected chi connectivity index (χ4v) is 2.57. The molecule has 0 radical (unpaired) electrons. The Morgan fingerprint density at radius 3 is 2.79 bits per heavy atom. The first-order chi connectivity index (χ1) is 6.65. The normalized spacial score (nSPS) is 28.5. The summed E-state index contributed by atoms with van der Waals surface area (Å²) in [5.74, 6) is 0.601. The monoisotopic (exact) mass is 212 g/mol. The molecule has 2 rings (SSSR count). The molecule has 1 fully saturated rings. The molecule has 1 aromatic heterocycles. The lowest BCUT2D eigenvalue weighted by Gasteiger charge is -2.11. The van der Waals surface area contributed by atoms with E-state index in [2.05, 4.69) is 22.0 Å². The molecule has 0 amide bonds. The van der Waals surface area contributed by atoms with Crippen molar-refractivity contribution in [2.24, 2.45) is 11.7 Å². The van der Waals surface area contributed by atoms with Crippen LogP contribution in [0.15, 0.2) is 0 Å². The predicted molar refractivity (Wildman–Crippen MR) is 57.1 cm³/mol. The van der Waals surface area contributed by atoms with Gasteiger partial charge in [0.05, 0.1) is 6.54 Å². The molecular weight excluding hydrogens is 196 g/mol. The molecule has 4 nitrogen and oxygen atoms in total. The van der Waals surface area contributed by atoms with Crippen LogP contribution in [0.1, 0.15) is 16.9 Å². The summed E-state index contributed by atoms with van der Waals surface area (Å²) < 4.78 is 0. The molecule has 2 heterocycles. The summed E-state index contributed by atoms with van der Waals surface area (Å²) in [6, 6.07) is 0.323. The highest BCUT2D eigenvalue weighted by atomic mass is 32.1. The smallest absolute Gasteiger partial charge is 0.131 e. The van der Waals surface area contributed by atoms with Crippen LogP contribution in [-0.4, -0.2) is 34.2 Å². The Morgan fingerprint density at radius 2 is 2.29 bits per heavy atom. The van der Waals surface area contributed by atoms with Gasteiger partial charge in [-0.2, -0.15) is 0 Å². The third-order valence-corrected chi connectivity index (χ3v) is 3.50. The first-order valence-electron chi connectivity index (χ1n) is 4.92. The zero-order valence-electron chi connectivity index (χ0n) is 8.60. The molecule has 0 bridgehead atoms. The summed E-state index contributed by atoms with van der Waals surface area (Å²) in [6.45, 7) is 7.17. The van der Waals surface area contributed by atoms with Gasteiger partial charge in [-0.25, -0.2) is 0 Å². The molecule has 1 aromatic rings. The second kappa shape index (κ2) is 3.92. The van der Waals surface area contributed by atoms with E-state index in [1.807, 2.05) is 6.92 Å². The Balaban J connectivity index is 1.93. The zero-order chi connectivity index (χ0) is 10.1. The molecule has 0 spiro atoms. The van der Waals surface area contributed by atoms with Crippen molar-refractivity contribution >= 4 is 11.3 Å². The Morgan fingerprint density at radius 1 is 1.50 bits per heavy atom. The lowest BCUT2D eigenvalue weighted by atomic mass is 10.1. The van der Waals surface area contributed by atoms with E-state index in [0.29, 0.717) is 12.0 Å². The van der Waals surface area contributed by atoms with Crippen LogP contribution in [0.25, 0.3) is 0 Å². The van der Waals surface area contributed by atoms with Crippen LogP contribution in [0.3, 0.4) is 0 Å². The van der Waals surface area contributed by atoms with E-state index in [4.69, 9.17) is 5.73 Å². The summed E-state index contributed by atoms with van der Waals surface area (Å²) >= 11 is 1.67. The number of nitrogens with two attached hydrogens (primary N) is 1. The fourth-order valence-electron chi connectivity index (χ4n) is 1.82. The highest BCUT2D eigenvalue weighted by molar-refractivity contribution is 7.11. The van der Waals surface area contributed by atoms with E-state index in [0.717, 1.165) is 29.6 Å². The zero-order valence-corrected chi connectivity index (χ0v) is 9.42. The van der Waals surface area contributed by atoms with Gasteiger partial charge in [0.2, 0.25) is 0 Å². The molecule has 1 saturated heterocycles. The van der Waals surface area contributed by atoms with Crippen molar-refractivity contribution in [1.29, 1.82) is 0 Å². The number of aromatic nitrogens is 2. The van der Waals surface area contributed by atoms with Gasteiger partial charge in [-0.3, -0.25) is 4.90 Å². The van der Waals surface area contributed by atoms with Crippen LogP contribution in [0.4, 0.5) is 0 Å². The molecule has 78 valence electrons. The van der Waals surface area contributed by atoms with Gasteiger partial charge in [-0.1, -0.05) is 6.92 Å². The van der Waals surface area contributed by atoms with E-state index in [-0.39, 0.29) is 0 Å². The maximum Gasteiger partial charge on any atom is 0.131 e. The van der Waals surface area contributed by atoms with Gasteiger partial charge in [0, 0.05) is 19.1 Å². The van der Waals surface area contributed by atoms with Crippen molar-refractivity contribution < 1.29 is 0 Å². The molecule has 0 aromatic carbocycles. The fraction of sp³-hybridized carbons (Fsp3) is 0.778. The van der Waals surface area contributed by atoms with Crippen LogP contribution >= 0.6 is 11.3 Å². The van der Waals surface area contributed by atoms with Gasteiger partial charge in [-0.15, -0.1) is 21.5 Å². The van der Waals surface area contributed by atoms with Crippen molar-refractivity contribution in [3.8, 4) is 0 Å². The molecule has 2 unspecified atom stereocenters. The van der Waals surface area contributed by atoms with E-state index in [1.54, 1.807) is 11.3 Å². The molecule has 2 N–H and O–H groups in total. The van der Waals surface area contributed by atoms with Crippen LogP contribution in [0.5, 0.6) is 0 Å². The summed E-state index contributed by atoms with van der Waals surface area (Å²) in [7, 11) is 0. The summed E-state index contributed by atoms with van der Waals surface area (Å²) in [4.78, 5) is 2.36. The molecule has 0 saturated carbocycles. The number of likely N-dealkylation sites (tertiary alicyclic amines) is 1. The molecule has 14 heavy (non-hydrogen) atoms. The van der Waals surface area contributed by atoms with Crippen LogP contribution in [0.2, 0.25) is 0 Å². The standard InChI is InChI=1S/C9H16N4S/c1-6-3-13(4-8(6)10)5-9-12-11-7(2)14-9/h6,8H,3-5,10H2,1-2H3. The minimum Gasteiger partial charge on any atom is -0.326 e. The van der Waals surface area contributed by atoms with Gasteiger partial charge in [0.15, 0.2) is 0 Å². The Labute approximate surface area is 88.1 Å². The van der Waals surface area contributed by atoms with E-state index in [1.165, 1.54) is 0 Å². The third kappa shape index (κ3) is 2.10. The highest BCUT2D eigenvalue weighted by Crippen LogP contribution is 2.18. The highest BCUT2D eigenvalue weighted by Gasteiger charge is 2.26. The van der Waals surface area contributed by atoms with Gasteiger partial charge in [0.25, 0.3) is 0 Å². The summed E-state index contributed by atoms with van der Waals surface area (Å²) in [5.41, 5.74) is 5.95. The van der Waals surface area contributed by atoms with Gasteiger partial charge in [-0.05, 0) is 12.8 Å². The van der Waals surface area contributed by atoms with Gasteiger partial charge < -0.3 is 5.73 Å². The van der Waals surface area contributed by atoms with Crippen molar-refractivity contribution in [2.75, 3.05) is 13.1 Å². The number of nitrogens with zero attached hydrogens (tertiary/aromatic N) is 3. The quantitative estimate of drug-likeness (QED) is 0.781. The molecule has 1 aliphatic heterocycles. The van der Waals surface area contributed by atoms with Crippen LogP contribution < -0.4 is 5.73 Å². The van der Waals surface area contributed by atoms with Crippen molar-refractivity contribution in [3.05, 3.63) is 10.0 Å². The minimum absolute atomic E-state index is 0.323. The topological polar surface area (TPSA) is 55.0 Å². The van der Waals surface area contributed by atoms with E-state index < -0.39 is 0 Å². The minimum atomic E-state index is 0.323. The molecule has 0 aliphatic carbocycles. The first-order valence-corrected chi connectivity index (χ1v) is 5.73. The molecule has 2 atom stereocenters. The Hall–Kier alpha value is -0.520. The van der Waals surface area contributed by atoms with Crippen LogP contribution in [0, 0.1) is 12.8 Å². The molecule has 1 aliphatic rings. The molecule has 5 heteroatoms. The largest absolute Gasteiger partial charge is 0.326 e. The van der Waals surface area contributed by atoms with E-state index >= 15 is 0 Å². The lowest BCUT2D eigenvalue weighted by Crippen LogP contribution is -2.28. The predicted octanol–water partition coefficient (Wildman–Crippen LogP) is 0.626. The Kier molecular flexibility index (Phi) is 2.80. The average Bonchev–Trinajstić information content (AvgIpc) is 2.62. The van der Waals surface area contributed by atoms with Crippen molar-refractivity contribution in [1.82, 2.24) is 15.1 Å². The van der Waals surface area contributed by atoms with E-state index in [9.17, 15) is 0 Å². The van der Waals surface area contributed by atoms with Crippen molar-refractivity contribution in [3.63, 3.8) is 0 Å². The number of aryl methyl sites for hydroxylation is 1. The third-order valence-electron chi connectivity index (χ3n) is 2.67. The van der Waals surface area contributed by atoms with Crippen molar-refractivity contribution in [2.45, 2.75) is 26.4 Å². The second-order valence-electron chi connectivity index (χ2n) is 4.05. The number of hydrogen-bond donors (Lipinski definition) is 1.